The van der Waals surface area contributed by atoms with Gasteiger partial charge in [0.1, 0.15) is 12.4 Å². The number of rotatable bonds is 4. The molecule has 0 fully saturated rings. The molecule has 2 nitrogen and oxygen atoms in total. The van der Waals surface area contributed by atoms with Crippen LogP contribution in [-0.4, -0.2) is 0 Å². The average molecular weight is 267 g/mol. The molecule has 0 aromatic heterocycles. The number of benzene rings is 2. The van der Waals surface area contributed by atoms with Gasteiger partial charge in [-0.25, -0.2) is 8.78 Å². The van der Waals surface area contributed by atoms with Crippen LogP contribution in [0.25, 0.3) is 0 Å². The monoisotopic (exact) mass is 267 g/mol. The quantitative estimate of drug-likeness (QED) is 0.923. The number of hydrogen-bond acceptors (Lipinski definition) is 2. The highest BCUT2D eigenvalue weighted by atomic mass is 19.2. The molecule has 0 aliphatic rings. The largest absolute Gasteiger partial charge is 0.486 e. The Balaban J connectivity index is 2.16. The molecule has 0 saturated carbocycles. The van der Waals surface area contributed by atoms with E-state index in [9.17, 15) is 13.2 Å². The first kappa shape index (κ1) is 13.4. The maximum Gasteiger partial charge on any atom is 0.200 e. The van der Waals surface area contributed by atoms with Gasteiger partial charge in [-0.3, -0.25) is 0 Å². The van der Waals surface area contributed by atoms with E-state index >= 15 is 0 Å². The standard InChI is InChI=1S/C14H12F3NO/c15-11-5-4-9(7-18)6-10(11)8-19-13-3-1-2-12(16)14(13)17/h1-6H,7-8,18H2. The molecule has 0 bridgehead atoms. The van der Waals surface area contributed by atoms with E-state index in [1.807, 2.05) is 0 Å². The van der Waals surface area contributed by atoms with Gasteiger partial charge in [0.05, 0.1) is 0 Å². The summed E-state index contributed by atoms with van der Waals surface area (Å²) in [5, 5.41) is 0. The van der Waals surface area contributed by atoms with Crippen LogP contribution < -0.4 is 10.5 Å². The second kappa shape index (κ2) is 5.75. The van der Waals surface area contributed by atoms with Gasteiger partial charge in [0.25, 0.3) is 0 Å². The van der Waals surface area contributed by atoms with Crippen molar-refractivity contribution in [1.29, 1.82) is 0 Å². The molecular formula is C14H12F3NO. The Labute approximate surface area is 108 Å². The Morgan fingerprint density at radius 3 is 2.53 bits per heavy atom. The molecule has 0 aliphatic heterocycles. The van der Waals surface area contributed by atoms with E-state index in [0.29, 0.717) is 0 Å². The van der Waals surface area contributed by atoms with E-state index in [0.717, 1.165) is 11.6 Å². The normalized spacial score (nSPS) is 10.5. The molecule has 0 aliphatic carbocycles. The van der Waals surface area contributed by atoms with Crippen molar-refractivity contribution in [3.63, 3.8) is 0 Å². The van der Waals surface area contributed by atoms with Crippen LogP contribution in [0.15, 0.2) is 36.4 Å². The second-order valence-electron chi connectivity index (χ2n) is 3.97. The van der Waals surface area contributed by atoms with E-state index in [1.165, 1.54) is 24.3 Å². The Hall–Kier alpha value is -2.01. The van der Waals surface area contributed by atoms with Gasteiger partial charge in [-0.2, -0.15) is 4.39 Å². The van der Waals surface area contributed by atoms with Crippen LogP contribution in [0.3, 0.4) is 0 Å². The third-order valence-electron chi connectivity index (χ3n) is 2.65. The fourth-order valence-corrected chi connectivity index (χ4v) is 1.62. The molecule has 2 aromatic carbocycles. The lowest BCUT2D eigenvalue weighted by molar-refractivity contribution is 0.279. The van der Waals surface area contributed by atoms with Gasteiger partial charge in [0.2, 0.25) is 5.82 Å². The van der Waals surface area contributed by atoms with Gasteiger partial charge in [-0.15, -0.1) is 0 Å². The van der Waals surface area contributed by atoms with Crippen molar-refractivity contribution >= 4 is 0 Å². The minimum atomic E-state index is -1.09. The molecule has 0 radical (unpaired) electrons. The van der Waals surface area contributed by atoms with Gasteiger partial charge in [-0.05, 0) is 29.8 Å². The van der Waals surface area contributed by atoms with Gasteiger partial charge >= 0.3 is 0 Å². The summed E-state index contributed by atoms with van der Waals surface area (Å²) >= 11 is 0. The zero-order valence-corrected chi connectivity index (χ0v) is 10.00. The molecule has 0 atom stereocenters. The van der Waals surface area contributed by atoms with E-state index in [4.69, 9.17) is 10.5 Å². The summed E-state index contributed by atoms with van der Waals surface area (Å²) in [6.07, 6.45) is 0. The molecule has 0 spiro atoms. The topological polar surface area (TPSA) is 35.2 Å². The number of hydrogen-bond donors (Lipinski definition) is 1. The summed E-state index contributed by atoms with van der Waals surface area (Å²) in [7, 11) is 0. The lowest BCUT2D eigenvalue weighted by atomic mass is 10.1. The maximum absolute atomic E-state index is 13.5. The van der Waals surface area contributed by atoms with Crippen molar-refractivity contribution in [2.75, 3.05) is 0 Å². The molecular weight excluding hydrogens is 255 g/mol. The van der Waals surface area contributed by atoms with Crippen LogP contribution in [0.5, 0.6) is 5.75 Å². The SMILES string of the molecule is NCc1ccc(F)c(COc2cccc(F)c2F)c1. The lowest BCUT2D eigenvalue weighted by Gasteiger charge is -2.09. The van der Waals surface area contributed by atoms with Crippen LogP contribution in [0.1, 0.15) is 11.1 Å². The molecule has 0 saturated heterocycles. The molecule has 2 aromatic rings. The summed E-state index contributed by atoms with van der Waals surface area (Å²) in [4.78, 5) is 0. The Kier molecular flexibility index (Phi) is 4.06. The summed E-state index contributed by atoms with van der Waals surface area (Å²) in [6.45, 7) is 0.0711. The molecule has 0 heterocycles. The predicted octanol–water partition coefficient (Wildman–Crippen LogP) is 3.14. The third kappa shape index (κ3) is 3.06. The Morgan fingerprint density at radius 2 is 1.79 bits per heavy atom. The molecule has 0 unspecified atom stereocenters. The lowest BCUT2D eigenvalue weighted by Crippen LogP contribution is -2.03. The first-order valence-electron chi connectivity index (χ1n) is 5.66. The third-order valence-corrected chi connectivity index (χ3v) is 2.65. The highest BCUT2D eigenvalue weighted by molar-refractivity contribution is 5.28. The summed E-state index contributed by atoms with van der Waals surface area (Å²) < 4.78 is 44.9. The van der Waals surface area contributed by atoms with E-state index < -0.39 is 17.5 Å². The minimum absolute atomic E-state index is 0.194. The zero-order valence-electron chi connectivity index (χ0n) is 10.00. The van der Waals surface area contributed by atoms with Crippen molar-refractivity contribution in [2.45, 2.75) is 13.2 Å². The van der Waals surface area contributed by atoms with Crippen molar-refractivity contribution < 1.29 is 17.9 Å². The predicted molar refractivity (Wildman–Crippen MR) is 65.0 cm³/mol. The fourth-order valence-electron chi connectivity index (χ4n) is 1.62. The Morgan fingerprint density at radius 1 is 1.00 bits per heavy atom. The smallest absolute Gasteiger partial charge is 0.200 e. The summed E-state index contributed by atoms with van der Waals surface area (Å²) in [5.41, 5.74) is 6.43. The van der Waals surface area contributed by atoms with Crippen LogP contribution >= 0.6 is 0 Å². The van der Waals surface area contributed by atoms with Crippen molar-refractivity contribution in [3.05, 3.63) is 65.0 Å². The van der Waals surface area contributed by atoms with Crippen LogP contribution in [0.4, 0.5) is 13.2 Å². The van der Waals surface area contributed by atoms with Crippen LogP contribution in [0, 0.1) is 17.5 Å². The van der Waals surface area contributed by atoms with Crippen molar-refractivity contribution in [2.24, 2.45) is 5.73 Å². The van der Waals surface area contributed by atoms with E-state index in [1.54, 1.807) is 6.07 Å². The first-order valence-corrected chi connectivity index (χ1v) is 5.66. The summed E-state index contributed by atoms with van der Waals surface area (Å²) in [6, 6.07) is 7.94. The second-order valence-corrected chi connectivity index (χ2v) is 3.97. The van der Waals surface area contributed by atoms with Crippen molar-refractivity contribution in [1.82, 2.24) is 0 Å². The summed E-state index contributed by atoms with van der Waals surface area (Å²) in [5.74, 6) is -2.82. The fraction of sp³-hybridized carbons (Fsp3) is 0.143. The van der Waals surface area contributed by atoms with Crippen LogP contribution in [0.2, 0.25) is 0 Å². The van der Waals surface area contributed by atoms with Gasteiger partial charge in [-0.1, -0.05) is 12.1 Å². The molecule has 2 N–H and O–H groups in total. The van der Waals surface area contributed by atoms with Gasteiger partial charge in [0, 0.05) is 12.1 Å². The van der Waals surface area contributed by atoms with Crippen LogP contribution in [-0.2, 0) is 13.2 Å². The minimum Gasteiger partial charge on any atom is -0.486 e. The van der Waals surface area contributed by atoms with Gasteiger partial charge < -0.3 is 10.5 Å². The number of ether oxygens (including phenoxy) is 1. The van der Waals surface area contributed by atoms with E-state index in [-0.39, 0.29) is 24.5 Å². The number of halogens is 3. The Bertz CT molecular complexity index is 587. The number of nitrogens with two attached hydrogens (primary N) is 1. The highest BCUT2D eigenvalue weighted by Gasteiger charge is 2.10. The maximum atomic E-state index is 13.5. The molecule has 100 valence electrons. The molecule has 0 amide bonds. The average Bonchev–Trinajstić information content (AvgIpc) is 2.42. The van der Waals surface area contributed by atoms with Crippen molar-refractivity contribution in [3.8, 4) is 5.75 Å². The first-order chi connectivity index (χ1) is 9.11. The molecule has 2 rings (SSSR count). The zero-order chi connectivity index (χ0) is 13.8. The van der Waals surface area contributed by atoms with Gasteiger partial charge in [0.15, 0.2) is 11.6 Å². The van der Waals surface area contributed by atoms with E-state index in [2.05, 4.69) is 0 Å². The highest BCUT2D eigenvalue weighted by Crippen LogP contribution is 2.21. The molecule has 5 heteroatoms. The molecule has 19 heavy (non-hydrogen) atoms.